The van der Waals surface area contributed by atoms with Crippen LogP contribution in [-0.4, -0.2) is 13.1 Å². The van der Waals surface area contributed by atoms with Gasteiger partial charge in [0.2, 0.25) is 0 Å². The van der Waals surface area contributed by atoms with Crippen LogP contribution in [0.5, 0.6) is 0 Å². The van der Waals surface area contributed by atoms with Gasteiger partial charge < -0.3 is 4.74 Å². The van der Waals surface area contributed by atoms with E-state index in [1.54, 1.807) is 4.94 Å². The molecule has 1 N–H and O–H groups in total. The predicted octanol–water partition coefficient (Wildman–Crippen LogP) is 2.24. The minimum absolute atomic E-state index is 0. The molecule has 0 saturated heterocycles. The Labute approximate surface area is 97.4 Å². The van der Waals surface area contributed by atoms with Gasteiger partial charge in [0.1, 0.15) is 0 Å². The zero-order chi connectivity index (χ0) is 10.6. The Morgan fingerprint density at radius 1 is 1.47 bits per heavy atom. The molecule has 0 aromatic heterocycles. The number of rotatable bonds is 3. The number of hydrogen-bond donors (Lipinski definition) is 1. The van der Waals surface area contributed by atoms with Crippen molar-refractivity contribution < 1.29 is 14.0 Å². The van der Waals surface area contributed by atoms with Gasteiger partial charge in [-0.05, 0) is 36.0 Å². The van der Waals surface area contributed by atoms with Gasteiger partial charge in [-0.3, -0.25) is 0 Å². The van der Waals surface area contributed by atoms with E-state index in [0.717, 1.165) is 0 Å². The highest BCUT2D eigenvalue weighted by atomic mass is 35.5. The summed E-state index contributed by atoms with van der Waals surface area (Å²) >= 11 is 5.03. The lowest BCUT2D eigenvalue weighted by molar-refractivity contribution is 0.0600. The predicted molar refractivity (Wildman–Crippen MR) is 57.6 cm³/mol. The second-order valence-electron chi connectivity index (χ2n) is 2.40. The number of halogens is 3. The van der Waals surface area contributed by atoms with E-state index in [2.05, 4.69) is 4.74 Å². The molecular formula is C8H9Cl2FN2O2. The van der Waals surface area contributed by atoms with Crippen LogP contribution in [-0.2, 0) is 4.74 Å². The van der Waals surface area contributed by atoms with Gasteiger partial charge in [-0.15, -0.1) is 22.6 Å². The minimum Gasteiger partial charge on any atom is -0.465 e. The van der Waals surface area contributed by atoms with Gasteiger partial charge in [-0.2, -0.15) is 0 Å². The number of methoxy groups -OCH3 is 1. The van der Waals surface area contributed by atoms with E-state index in [1.165, 1.54) is 31.4 Å². The summed E-state index contributed by atoms with van der Waals surface area (Å²) in [5, 5.41) is 0.114. The van der Waals surface area contributed by atoms with Gasteiger partial charge in [-0.25, -0.2) is 4.79 Å². The smallest absolute Gasteiger partial charge is 0.337 e. The standard InChI is InChI=1S/C8H8ClFN2O2.ClH/c1-14-8(13)6-2-4-7(5-3-6)12(10)11-9;/h2-5,11H,1H3;1H. The van der Waals surface area contributed by atoms with Crippen LogP contribution in [0.1, 0.15) is 10.4 Å². The number of hydrogen-bond acceptors (Lipinski definition) is 4. The van der Waals surface area contributed by atoms with E-state index in [1.807, 2.05) is 0 Å². The Kier molecular flexibility index (Phi) is 6.00. The fraction of sp³-hybridized carbons (Fsp3) is 0.125. The molecule has 7 heteroatoms. The molecule has 1 aromatic carbocycles. The van der Waals surface area contributed by atoms with Gasteiger partial charge in [0.15, 0.2) is 0 Å². The van der Waals surface area contributed by atoms with Gasteiger partial charge in [0.25, 0.3) is 0 Å². The number of esters is 1. The van der Waals surface area contributed by atoms with Gasteiger partial charge in [0.05, 0.1) is 18.4 Å². The Bertz CT molecular complexity index is 321. The Morgan fingerprint density at radius 2 is 2.00 bits per heavy atom. The van der Waals surface area contributed by atoms with E-state index >= 15 is 0 Å². The fourth-order valence-electron chi connectivity index (χ4n) is 0.895. The number of nitrogens with zero attached hydrogens (tertiary/aromatic N) is 1. The first-order valence-corrected chi connectivity index (χ1v) is 4.07. The summed E-state index contributed by atoms with van der Waals surface area (Å²) in [6.07, 6.45) is 0. The third-order valence-electron chi connectivity index (χ3n) is 1.59. The van der Waals surface area contributed by atoms with E-state index in [-0.39, 0.29) is 23.3 Å². The first kappa shape index (κ1) is 14.0. The maximum Gasteiger partial charge on any atom is 0.337 e. The van der Waals surface area contributed by atoms with E-state index in [4.69, 9.17) is 11.8 Å². The molecule has 0 amide bonds. The molecule has 1 rings (SSSR count). The molecule has 15 heavy (non-hydrogen) atoms. The maximum atomic E-state index is 12.8. The lowest BCUT2D eigenvalue weighted by Gasteiger charge is -2.09. The van der Waals surface area contributed by atoms with E-state index in [9.17, 15) is 9.28 Å². The zero-order valence-electron chi connectivity index (χ0n) is 7.74. The lowest BCUT2D eigenvalue weighted by atomic mass is 10.2. The fourth-order valence-corrected chi connectivity index (χ4v) is 0.993. The van der Waals surface area contributed by atoms with Crippen LogP contribution in [0.25, 0.3) is 0 Å². The van der Waals surface area contributed by atoms with Crippen molar-refractivity contribution in [3.8, 4) is 0 Å². The Morgan fingerprint density at radius 3 is 2.40 bits per heavy atom. The zero-order valence-corrected chi connectivity index (χ0v) is 9.31. The third-order valence-corrected chi connectivity index (χ3v) is 1.74. The van der Waals surface area contributed by atoms with Crippen molar-refractivity contribution in [2.45, 2.75) is 0 Å². The number of carbonyl (C=O) groups excluding carboxylic acids is 1. The summed E-state index contributed by atoms with van der Waals surface area (Å²) in [6, 6.07) is 5.65. The van der Waals surface area contributed by atoms with Crippen LogP contribution in [0, 0.1) is 0 Å². The van der Waals surface area contributed by atoms with Crippen molar-refractivity contribution in [2.75, 3.05) is 12.3 Å². The van der Waals surface area contributed by atoms with Crippen molar-refractivity contribution in [1.29, 1.82) is 0 Å². The molecule has 0 aliphatic heterocycles. The van der Waals surface area contributed by atoms with E-state index in [0.29, 0.717) is 5.56 Å². The van der Waals surface area contributed by atoms with Crippen molar-refractivity contribution in [3.05, 3.63) is 29.8 Å². The average molecular weight is 255 g/mol. The normalized spacial score (nSPS) is 9.00. The number of hydrazine groups is 1. The van der Waals surface area contributed by atoms with Crippen LogP contribution in [0.2, 0.25) is 0 Å². The van der Waals surface area contributed by atoms with Gasteiger partial charge in [0, 0.05) is 0 Å². The third kappa shape index (κ3) is 3.54. The van der Waals surface area contributed by atoms with Crippen LogP contribution in [0.3, 0.4) is 0 Å². The van der Waals surface area contributed by atoms with Gasteiger partial charge in [-0.1, -0.05) is 4.48 Å². The number of anilines is 1. The number of nitrogens with one attached hydrogen (secondary N) is 1. The number of benzene rings is 1. The average Bonchev–Trinajstić information content (AvgIpc) is 2.27. The summed E-state index contributed by atoms with van der Waals surface area (Å²) in [6.45, 7) is 0. The highest BCUT2D eigenvalue weighted by Crippen LogP contribution is 2.14. The molecule has 0 spiro atoms. The molecule has 0 fully saturated rings. The maximum absolute atomic E-state index is 12.8. The molecule has 4 nitrogen and oxygen atoms in total. The molecule has 0 radical (unpaired) electrons. The quantitative estimate of drug-likeness (QED) is 0.511. The van der Waals surface area contributed by atoms with Gasteiger partial charge >= 0.3 is 5.97 Å². The summed E-state index contributed by atoms with van der Waals surface area (Å²) in [5.41, 5.74) is 0.534. The summed E-state index contributed by atoms with van der Waals surface area (Å²) in [5.74, 6) is -0.471. The van der Waals surface area contributed by atoms with Crippen molar-refractivity contribution in [1.82, 2.24) is 4.94 Å². The molecule has 0 aliphatic rings. The molecule has 0 bridgehead atoms. The van der Waals surface area contributed by atoms with Crippen molar-refractivity contribution >= 4 is 35.8 Å². The largest absolute Gasteiger partial charge is 0.465 e. The summed E-state index contributed by atoms with van der Waals surface area (Å²) in [7, 11) is 1.28. The van der Waals surface area contributed by atoms with Crippen LogP contribution in [0.4, 0.5) is 10.2 Å². The highest BCUT2D eigenvalue weighted by Gasteiger charge is 2.07. The van der Waals surface area contributed by atoms with E-state index < -0.39 is 5.97 Å². The molecular weight excluding hydrogens is 246 g/mol. The first-order valence-electron chi connectivity index (χ1n) is 3.69. The monoisotopic (exact) mass is 254 g/mol. The molecule has 0 heterocycles. The molecule has 0 aliphatic carbocycles. The summed E-state index contributed by atoms with van der Waals surface area (Å²) in [4.78, 5) is 12.8. The second-order valence-corrected chi connectivity index (χ2v) is 2.57. The SMILES string of the molecule is COC(=O)c1ccc(N(F)NCl)cc1.Cl. The first-order chi connectivity index (χ1) is 6.69. The van der Waals surface area contributed by atoms with Crippen LogP contribution in [0.15, 0.2) is 24.3 Å². The topological polar surface area (TPSA) is 41.6 Å². The Hall–Kier alpha value is -1.04. The molecule has 84 valence electrons. The molecule has 1 aromatic rings. The lowest BCUT2D eigenvalue weighted by Crippen LogP contribution is -2.20. The van der Waals surface area contributed by atoms with Crippen LogP contribution >= 0.6 is 24.2 Å². The van der Waals surface area contributed by atoms with Crippen molar-refractivity contribution in [2.24, 2.45) is 0 Å². The van der Waals surface area contributed by atoms with Crippen molar-refractivity contribution in [3.63, 3.8) is 0 Å². The van der Waals surface area contributed by atoms with Crippen LogP contribution < -0.4 is 10.2 Å². The Balaban J connectivity index is 0.00000196. The second kappa shape index (κ2) is 6.44. The highest BCUT2D eigenvalue weighted by molar-refractivity contribution is 6.14. The number of ether oxygens (including phenoxy) is 1. The molecule has 0 saturated carbocycles. The molecule has 0 unspecified atom stereocenters. The minimum atomic E-state index is -0.471. The number of carbonyl (C=O) groups is 1. The summed E-state index contributed by atoms with van der Waals surface area (Å²) < 4.78 is 17.2. The molecule has 0 atom stereocenters.